The summed E-state index contributed by atoms with van der Waals surface area (Å²) >= 11 is 9.48. The quantitative estimate of drug-likeness (QED) is 0.513. The van der Waals surface area contributed by atoms with Crippen molar-refractivity contribution in [3.05, 3.63) is 46.9 Å². The van der Waals surface area contributed by atoms with Gasteiger partial charge in [0.15, 0.2) is 10.8 Å². The molecular formula is C10H3BrClF3N4O4S. The highest BCUT2D eigenvalue weighted by atomic mass is 79.9. The molecule has 1 N–H and O–H groups in total. The number of aromatic nitrogens is 1. The molecule has 0 aliphatic heterocycles. The van der Waals surface area contributed by atoms with Crippen molar-refractivity contribution in [3.63, 3.8) is 0 Å². The SMILES string of the molecule is O=[N+]([O-])c1cc(C(F)(F)F)c(Cl)c([N+](=O)[O-])c1Nc1ncc(Br)s1. The van der Waals surface area contributed by atoms with Gasteiger partial charge in [-0.25, -0.2) is 4.98 Å². The van der Waals surface area contributed by atoms with Gasteiger partial charge >= 0.3 is 17.6 Å². The lowest BCUT2D eigenvalue weighted by molar-refractivity contribution is -0.392. The zero-order valence-corrected chi connectivity index (χ0v) is 14.1. The largest absolute Gasteiger partial charge is 0.418 e. The summed E-state index contributed by atoms with van der Waals surface area (Å²) < 4.78 is 39.3. The molecular weight excluding hydrogens is 445 g/mol. The zero-order chi connectivity index (χ0) is 18.2. The van der Waals surface area contributed by atoms with E-state index in [4.69, 9.17) is 11.6 Å². The summed E-state index contributed by atoms with van der Waals surface area (Å²) in [6.45, 7) is 0. The Balaban J connectivity index is 2.78. The van der Waals surface area contributed by atoms with E-state index in [0.29, 0.717) is 3.79 Å². The van der Waals surface area contributed by atoms with E-state index in [1.807, 2.05) is 0 Å². The van der Waals surface area contributed by atoms with Crippen molar-refractivity contribution in [2.24, 2.45) is 0 Å². The Morgan fingerprint density at radius 3 is 2.33 bits per heavy atom. The van der Waals surface area contributed by atoms with Crippen LogP contribution in [0.15, 0.2) is 16.0 Å². The molecule has 0 fully saturated rings. The van der Waals surface area contributed by atoms with Crippen molar-refractivity contribution < 1.29 is 23.0 Å². The molecule has 2 aromatic rings. The van der Waals surface area contributed by atoms with Gasteiger partial charge in [-0.3, -0.25) is 20.2 Å². The molecule has 2 rings (SSSR count). The Morgan fingerprint density at radius 2 is 1.92 bits per heavy atom. The first-order valence-electron chi connectivity index (χ1n) is 5.63. The van der Waals surface area contributed by atoms with Crippen LogP contribution in [0, 0.1) is 20.2 Å². The number of nitro groups is 2. The lowest BCUT2D eigenvalue weighted by atomic mass is 10.1. The van der Waals surface area contributed by atoms with Crippen LogP contribution in [0.2, 0.25) is 5.02 Å². The Morgan fingerprint density at radius 1 is 1.29 bits per heavy atom. The van der Waals surface area contributed by atoms with E-state index in [2.05, 4.69) is 26.2 Å². The second-order valence-electron chi connectivity index (χ2n) is 4.09. The van der Waals surface area contributed by atoms with Crippen LogP contribution in [-0.2, 0) is 6.18 Å². The van der Waals surface area contributed by atoms with Crippen molar-refractivity contribution in [2.75, 3.05) is 5.32 Å². The van der Waals surface area contributed by atoms with Crippen LogP contribution in [0.4, 0.5) is 35.4 Å². The Bertz CT molecular complexity index is 844. The van der Waals surface area contributed by atoms with Crippen LogP contribution in [0.1, 0.15) is 5.56 Å². The smallest absolute Gasteiger partial charge is 0.320 e. The van der Waals surface area contributed by atoms with Gasteiger partial charge in [-0.2, -0.15) is 13.2 Å². The molecule has 0 aliphatic carbocycles. The first kappa shape index (κ1) is 18.4. The number of halogens is 5. The summed E-state index contributed by atoms with van der Waals surface area (Å²) in [4.78, 5) is 23.6. The summed E-state index contributed by atoms with van der Waals surface area (Å²) in [5, 5.41) is 23.3. The number of anilines is 2. The normalized spacial score (nSPS) is 11.4. The third-order valence-corrected chi connectivity index (χ3v) is 4.39. The fourth-order valence-corrected chi connectivity index (χ4v) is 3.13. The van der Waals surface area contributed by atoms with Crippen LogP contribution in [0.3, 0.4) is 0 Å². The van der Waals surface area contributed by atoms with Crippen LogP contribution < -0.4 is 5.32 Å². The number of rotatable bonds is 4. The van der Waals surface area contributed by atoms with Crippen molar-refractivity contribution in [3.8, 4) is 0 Å². The summed E-state index contributed by atoms with van der Waals surface area (Å²) in [6, 6.07) is 0.139. The minimum Gasteiger partial charge on any atom is -0.320 e. The molecule has 1 aromatic carbocycles. The van der Waals surface area contributed by atoms with E-state index < -0.39 is 43.7 Å². The summed E-state index contributed by atoms with van der Waals surface area (Å²) in [6.07, 6.45) is -3.80. The first-order chi connectivity index (χ1) is 11.0. The number of thiazole rings is 1. The van der Waals surface area contributed by atoms with E-state index in [1.54, 1.807) is 0 Å². The number of hydrogen-bond donors (Lipinski definition) is 1. The van der Waals surface area contributed by atoms with Gasteiger partial charge in [-0.1, -0.05) is 22.9 Å². The number of nitrogens with one attached hydrogen (secondary N) is 1. The Hall–Kier alpha value is -1.99. The first-order valence-corrected chi connectivity index (χ1v) is 7.62. The Kier molecular flexibility index (Phi) is 4.96. The highest BCUT2D eigenvalue weighted by Crippen LogP contribution is 2.48. The molecule has 0 atom stereocenters. The highest BCUT2D eigenvalue weighted by Gasteiger charge is 2.42. The lowest BCUT2D eigenvalue weighted by Crippen LogP contribution is -2.11. The predicted molar refractivity (Wildman–Crippen MR) is 82.9 cm³/mol. The highest BCUT2D eigenvalue weighted by molar-refractivity contribution is 9.11. The van der Waals surface area contributed by atoms with Gasteiger partial charge in [0.05, 0.1) is 25.4 Å². The van der Waals surface area contributed by atoms with Crippen molar-refractivity contribution in [2.45, 2.75) is 6.18 Å². The molecule has 8 nitrogen and oxygen atoms in total. The van der Waals surface area contributed by atoms with Crippen LogP contribution >= 0.6 is 38.9 Å². The third-order valence-electron chi connectivity index (χ3n) is 2.61. The van der Waals surface area contributed by atoms with E-state index in [1.165, 1.54) is 6.20 Å². The van der Waals surface area contributed by atoms with Crippen molar-refractivity contribution in [1.82, 2.24) is 4.98 Å². The maximum absolute atomic E-state index is 12.9. The predicted octanol–water partition coefficient (Wildman–Crippen LogP) is 5.14. The minimum atomic E-state index is -5.10. The standard InChI is InChI=1S/C10H3BrClF3N4O4S/c11-5-2-16-9(24-5)17-7-4(18(20)21)1-3(10(13,14)15)6(12)8(7)19(22)23/h1-2H,(H,16,17). The number of benzene rings is 1. The molecule has 0 unspecified atom stereocenters. The van der Waals surface area contributed by atoms with Crippen LogP contribution in [0.5, 0.6) is 0 Å². The van der Waals surface area contributed by atoms with E-state index in [9.17, 15) is 33.4 Å². The van der Waals surface area contributed by atoms with Gasteiger partial charge < -0.3 is 5.32 Å². The molecule has 0 saturated heterocycles. The summed E-state index contributed by atoms with van der Waals surface area (Å²) in [7, 11) is 0. The molecule has 0 aliphatic rings. The third kappa shape index (κ3) is 3.57. The average molecular weight is 448 g/mol. The summed E-state index contributed by atoms with van der Waals surface area (Å²) in [5.74, 6) is 0. The van der Waals surface area contributed by atoms with E-state index >= 15 is 0 Å². The molecule has 0 radical (unpaired) electrons. The fraction of sp³-hybridized carbons (Fsp3) is 0.100. The van der Waals surface area contributed by atoms with E-state index in [0.717, 1.165) is 11.3 Å². The molecule has 1 heterocycles. The van der Waals surface area contributed by atoms with Crippen LogP contribution in [-0.4, -0.2) is 14.8 Å². The number of nitro benzene ring substituents is 2. The van der Waals surface area contributed by atoms with Crippen molar-refractivity contribution >= 4 is 61.1 Å². The zero-order valence-electron chi connectivity index (χ0n) is 10.9. The molecule has 0 amide bonds. The maximum Gasteiger partial charge on any atom is 0.418 e. The topological polar surface area (TPSA) is 111 Å². The summed E-state index contributed by atoms with van der Waals surface area (Å²) in [5.41, 5.74) is -4.87. The average Bonchev–Trinajstić information content (AvgIpc) is 2.82. The van der Waals surface area contributed by atoms with Gasteiger partial charge in [-0.05, 0) is 15.9 Å². The van der Waals surface area contributed by atoms with Gasteiger partial charge in [0.1, 0.15) is 5.02 Å². The fourth-order valence-electron chi connectivity index (χ4n) is 1.69. The number of nitrogens with zero attached hydrogens (tertiary/aromatic N) is 3. The molecule has 14 heteroatoms. The molecule has 0 spiro atoms. The van der Waals surface area contributed by atoms with Gasteiger partial charge in [-0.15, -0.1) is 0 Å². The molecule has 128 valence electrons. The van der Waals surface area contributed by atoms with E-state index in [-0.39, 0.29) is 11.2 Å². The molecule has 24 heavy (non-hydrogen) atoms. The lowest BCUT2D eigenvalue weighted by Gasteiger charge is -2.12. The number of hydrogen-bond acceptors (Lipinski definition) is 7. The molecule has 1 aromatic heterocycles. The van der Waals surface area contributed by atoms with Gasteiger partial charge in [0, 0.05) is 6.07 Å². The molecule has 0 saturated carbocycles. The minimum absolute atomic E-state index is 0.0103. The second kappa shape index (κ2) is 6.49. The number of alkyl halides is 3. The van der Waals surface area contributed by atoms with Crippen molar-refractivity contribution in [1.29, 1.82) is 0 Å². The van der Waals surface area contributed by atoms with Crippen LogP contribution in [0.25, 0.3) is 0 Å². The van der Waals surface area contributed by atoms with Gasteiger partial charge in [0.2, 0.25) is 0 Å². The Labute approximate surface area is 147 Å². The molecule has 0 bridgehead atoms. The second-order valence-corrected chi connectivity index (χ2v) is 6.88. The monoisotopic (exact) mass is 446 g/mol. The van der Waals surface area contributed by atoms with Gasteiger partial charge in [0.25, 0.3) is 0 Å². The maximum atomic E-state index is 12.9.